The van der Waals surface area contributed by atoms with Crippen LogP contribution in [0.3, 0.4) is 0 Å². The zero-order valence-corrected chi connectivity index (χ0v) is 29.6. The summed E-state index contributed by atoms with van der Waals surface area (Å²) >= 11 is 6.39. The largest absolute Gasteiger partial charge is 0.495 e. The molecule has 5 atom stereocenters. The molecule has 13 nitrogen and oxygen atoms in total. The van der Waals surface area contributed by atoms with E-state index in [9.17, 15) is 24.0 Å². The van der Waals surface area contributed by atoms with Gasteiger partial charge in [0, 0.05) is 30.9 Å². The number of oxime groups is 1. The molecule has 1 aromatic carbocycles. The van der Waals surface area contributed by atoms with E-state index in [0.717, 1.165) is 12.8 Å². The fourth-order valence-corrected chi connectivity index (χ4v) is 6.83. The maximum atomic E-state index is 14.5. The molecule has 5 rings (SSSR count). The van der Waals surface area contributed by atoms with Crippen molar-refractivity contribution < 1.29 is 43.0 Å². The fourth-order valence-electron chi connectivity index (χ4n) is 6.57. The molecule has 0 unspecified atom stereocenters. The van der Waals surface area contributed by atoms with Crippen molar-refractivity contribution in [2.75, 3.05) is 26.9 Å². The number of esters is 1. The Labute approximate surface area is 291 Å². The lowest BCUT2D eigenvalue weighted by atomic mass is 9.77. The monoisotopic (exact) mass is 702 g/mol. The molecule has 0 aromatic heterocycles. The van der Waals surface area contributed by atoms with Crippen molar-refractivity contribution in [3.63, 3.8) is 0 Å². The average molecular weight is 703 g/mol. The molecular weight excluding hydrogens is 656 g/mol. The highest BCUT2D eigenvalue weighted by molar-refractivity contribution is 6.38. The Hall–Kier alpha value is -3.71. The number of benzene rings is 1. The van der Waals surface area contributed by atoms with Crippen LogP contribution in [0.15, 0.2) is 23.4 Å². The Morgan fingerprint density at radius 3 is 2.53 bits per heavy atom. The van der Waals surface area contributed by atoms with Crippen LogP contribution in [0.1, 0.15) is 84.6 Å². The summed E-state index contributed by atoms with van der Waals surface area (Å²) in [7, 11) is 1.52. The lowest BCUT2D eigenvalue weighted by molar-refractivity contribution is -0.156. The van der Waals surface area contributed by atoms with Crippen molar-refractivity contribution in [1.82, 2.24) is 15.5 Å². The van der Waals surface area contributed by atoms with Gasteiger partial charge in [-0.1, -0.05) is 50.9 Å². The summed E-state index contributed by atoms with van der Waals surface area (Å²) in [5.74, 6) is -3.31. The SMILES string of the molecule is CCC[C@H](NC(=O)[C@@H]1C[C@]2(CC(c3ccc(OC)c(Cl)c3)=NO2)CN1C(=O)[C@@H](CC(=O)O[C@H]1CCOC1)C(C)(C)C)C(=O)C(=O)NC1CC1. The van der Waals surface area contributed by atoms with Gasteiger partial charge in [-0.25, -0.2) is 0 Å². The number of hydrogen-bond acceptors (Lipinski definition) is 10. The molecule has 3 amide bonds. The zero-order valence-electron chi connectivity index (χ0n) is 28.8. The number of nitrogens with one attached hydrogen (secondary N) is 2. The number of hydrogen-bond donors (Lipinski definition) is 2. The Morgan fingerprint density at radius 2 is 1.92 bits per heavy atom. The first-order valence-electron chi connectivity index (χ1n) is 17.1. The predicted octanol–water partition coefficient (Wildman–Crippen LogP) is 3.33. The molecular formula is C35H47ClN4O9. The van der Waals surface area contributed by atoms with Crippen LogP contribution in [-0.2, 0) is 38.3 Å². The van der Waals surface area contributed by atoms with Crippen molar-refractivity contribution >= 4 is 46.8 Å². The quantitative estimate of drug-likeness (QED) is 0.232. The minimum Gasteiger partial charge on any atom is -0.495 e. The van der Waals surface area contributed by atoms with Crippen LogP contribution in [0.5, 0.6) is 5.75 Å². The summed E-state index contributed by atoms with van der Waals surface area (Å²) in [5, 5.41) is 10.2. The molecule has 3 heterocycles. The zero-order chi connectivity index (χ0) is 35.5. The minimum absolute atomic E-state index is 0.00740. The molecule has 14 heteroatoms. The van der Waals surface area contributed by atoms with E-state index in [-0.39, 0.29) is 44.4 Å². The van der Waals surface area contributed by atoms with Crippen molar-refractivity contribution in [2.45, 2.75) is 109 Å². The fraction of sp³-hybridized carbons (Fsp3) is 0.657. The normalized spacial score (nSPS) is 24.5. The molecule has 0 radical (unpaired) electrons. The van der Waals surface area contributed by atoms with E-state index < -0.39 is 58.5 Å². The molecule has 2 N–H and O–H groups in total. The van der Waals surface area contributed by atoms with Crippen molar-refractivity contribution in [1.29, 1.82) is 0 Å². The first-order valence-corrected chi connectivity index (χ1v) is 17.4. The van der Waals surface area contributed by atoms with Gasteiger partial charge in [0.15, 0.2) is 5.60 Å². The molecule has 3 aliphatic heterocycles. The van der Waals surface area contributed by atoms with Gasteiger partial charge in [0.2, 0.25) is 17.6 Å². The van der Waals surface area contributed by atoms with E-state index in [0.29, 0.717) is 48.1 Å². The third-order valence-electron chi connectivity index (χ3n) is 9.56. The maximum Gasteiger partial charge on any atom is 0.306 e. The highest BCUT2D eigenvalue weighted by Gasteiger charge is 2.55. The molecule has 49 heavy (non-hydrogen) atoms. The van der Waals surface area contributed by atoms with Gasteiger partial charge in [-0.2, -0.15) is 0 Å². The van der Waals surface area contributed by atoms with Gasteiger partial charge in [0.1, 0.15) is 17.9 Å². The summed E-state index contributed by atoms with van der Waals surface area (Å²) in [5.41, 5.74) is -0.450. The summed E-state index contributed by atoms with van der Waals surface area (Å²) in [4.78, 5) is 75.0. The third kappa shape index (κ3) is 8.72. The average Bonchev–Trinajstić information content (AvgIpc) is 3.39. The molecule has 4 aliphatic rings. The number of likely N-dealkylation sites (tertiary alicyclic amines) is 1. The third-order valence-corrected chi connectivity index (χ3v) is 9.85. The number of amides is 3. The second kappa shape index (κ2) is 15.0. The summed E-state index contributed by atoms with van der Waals surface area (Å²) in [6, 6.07) is 3.09. The smallest absolute Gasteiger partial charge is 0.306 e. The predicted molar refractivity (Wildman–Crippen MR) is 179 cm³/mol. The van der Waals surface area contributed by atoms with Crippen LogP contribution in [0.25, 0.3) is 0 Å². The van der Waals surface area contributed by atoms with Crippen LogP contribution in [0, 0.1) is 11.3 Å². The second-order valence-electron chi connectivity index (χ2n) is 14.6. The summed E-state index contributed by atoms with van der Waals surface area (Å²) in [6.07, 6.45) is 2.79. The summed E-state index contributed by atoms with van der Waals surface area (Å²) < 4.78 is 16.2. The van der Waals surface area contributed by atoms with Crippen molar-refractivity contribution in [3.05, 3.63) is 28.8 Å². The maximum absolute atomic E-state index is 14.5. The molecule has 268 valence electrons. The Kier molecular flexibility index (Phi) is 11.2. The molecule has 1 saturated carbocycles. The number of Topliss-reactive ketones (excluding diaryl/α,β-unsaturated/α-hetero) is 1. The summed E-state index contributed by atoms with van der Waals surface area (Å²) in [6.45, 7) is 8.25. The Bertz CT molecular complexity index is 1480. The number of rotatable bonds is 13. The number of carbonyl (C=O) groups excluding carboxylic acids is 5. The molecule has 1 aliphatic carbocycles. The lowest BCUT2D eigenvalue weighted by Gasteiger charge is -2.35. The molecule has 0 bridgehead atoms. The first kappa shape index (κ1) is 36.6. The Balaban J connectivity index is 1.39. The van der Waals surface area contributed by atoms with Crippen LogP contribution in [0.4, 0.5) is 0 Å². The van der Waals surface area contributed by atoms with E-state index >= 15 is 0 Å². The van der Waals surface area contributed by atoms with E-state index in [1.807, 2.05) is 27.7 Å². The molecule has 1 aromatic rings. The molecule has 3 fully saturated rings. The van der Waals surface area contributed by atoms with E-state index in [1.165, 1.54) is 12.0 Å². The van der Waals surface area contributed by atoms with Gasteiger partial charge >= 0.3 is 5.97 Å². The van der Waals surface area contributed by atoms with Gasteiger partial charge in [0.05, 0.1) is 56.0 Å². The first-order chi connectivity index (χ1) is 23.2. The van der Waals surface area contributed by atoms with Gasteiger partial charge < -0.3 is 34.6 Å². The van der Waals surface area contributed by atoms with Crippen LogP contribution >= 0.6 is 11.6 Å². The minimum atomic E-state index is -1.07. The number of methoxy groups -OCH3 is 1. The van der Waals surface area contributed by atoms with Gasteiger partial charge in [-0.05, 0) is 42.9 Å². The van der Waals surface area contributed by atoms with Gasteiger partial charge in [-0.3, -0.25) is 24.0 Å². The number of carbonyl (C=O) groups is 5. The Morgan fingerprint density at radius 1 is 1.16 bits per heavy atom. The van der Waals surface area contributed by atoms with Gasteiger partial charge in [0.25, 0.3) is 5.91 Å². The standard InChI is InChI=1S/C35H47ClN4O9/c1-6-7-25(30(42)32(44)37-21-9-10-21)38-31(43)27-17-35(16-26(39-49-35)20-8-11-28(46-5)24(36)14-20)19-40(27)33(45)23(34(2,3)4)15-29(41)48-22-12-13-47-18-22/h8,11,14,21-23,25,27H,6-7,9-10,12-13,15-19H2,1-5H3,(H,37,44)(H,38,43)/t22-,23+,25-,27-,35+/m0/s1. The number of ketones is 1. The van der Waals surface area contributed by atoms with Crippen molar-refractivity contribution in [3.8, 4) is 5.75 Å². The highest BCUT2D eigenvalue weighted by atomic mass is 35.5. The van der Waals surface area contributed by atoms with Gasteiger partial charge in [-0.15, -0.1) is 0 Å². The second-order valence-corrected chi connectivity index (χ2v) is 15.0. The highest BCUT2D eigenvalue weighted by Crippen LogP contribution is 2.42. The topological polar surface area (TPSA) is 162 Å². The number of halogens is 1. The van der Waals surface area contributed by atoms with E-state index in [1.54, 1.807) is 18.2 Å². The number of nitrogens with zero attached hydrogens (tertiary/aromatic N) is 2. The van der Waals surface area contributed by atoms with Crippen LogP contribution in [0.2, 0.25) is 5.02 Å². The molecule has 2 saturated heterocycles. The van der Waals surface area contributed by atoms with E-state index in [4.69, 9.17) is 30.6 Å². The lowest BCUT2D eigenvalue weighted by Crippen LogP contribution is -2.54. The van der Waals surface area contributed by atoms with Crippen LogP contribution < -0.4 is 15.4 Å². The van der Waals surface area contributed by atoms with Crippen molar-refractivity contribution in [2.24, 2.45) is 16.5 Å². The molecule has 1 spiro atoms. The van der Waals surface area contributed by atoms with E-state index in [2.05, 4.69) is 15.8 Å². The number of ether oxygens (including phenoxy) is 3. The van der Waals surface area contributed by atoms with Crippen LogP contribution in [-0.4, -0.2) is 96.8 Å².